The van der Waals surface area contributed by atoms with E-state index < -0.39 is 23.3 Å². The van der Waals surface area contributed by atoms with Gasteiger partial charge in [0.1, 0.15) is 5.83 Å². The van der Waals surface area contributed by atoms with Gasteiger partial charge in [0.05, 0.1) is 0 Å². The zero-order valence-corrected chi connectivity index (χ0v) is 19.4. The van der Waals surface area contributed by atoms with Gasteiger partial charge in [0, 0.05) is 17.4 Å². The van der Waals surface area contributed by atoms with E-state index in [-0.39, 0.29) is 0 Å². The van der Waals surface area contributed by atoms with Crippen LogP contribution in [0.1, 0.15) is 81.5 Å². The lowest BCUT2D eigenvalue weighted by Crippen LogP contribution is -2.39. The molecule has 0 saturated heterocycles. The smallest absolute Gasteiger partial charge is 0.175 e. The topological polar surface area (TPSA) is 0 Å². The van der Waals surface area contributed by atoms with Gasteiger partial charge in [-0.2, -0.15) is 0 Å². The molecule has 0 bridgehead atoms. The van der Waals surface area contributed by atoms with Crippen molar-refractivity contribution >= 4 is 5.57 Å². The minimum atomic E-state index is -2.06. The third-order valence-corrected chi connectivity index (χ3v) is 6.77. The first-order chi connectivity index (χ1) is 14.9. The lowest BCUT2D eigenvalue weighted by molar-refractivity contribution is 0.0993. The average molecular weight is 423 g/mol. The highest BCUT2D eigenvalue weighted by atomic mass is 19.2. The van der Waals surface area contributed by atoms with E-state index in [0.717, 1.165) is 36.8 Å². The van der Waals surface area contributed by atoms with E-state index in [1.807, 2.05) is 54.6 Å². The summed E-state index contributed by atoms with van der Waals surface area (Å²) in [6.45, 7) is 7.91. The van der Waals surface area contributed by atoms with Crippen molar-refractivity contribution < 1.29 is 8.78 Å². The van der Waals surface area contributed by atoms with E-state index in [9.17, 15) is 0 Å². The summed E-state index contributed by atoms with van der Waals surface area (Å²) in [5, 5.41) is 0. The minimum Gasteiger partial charge on any atom is -0.235 e. The number of unbranched alkanes of at least 4 members (excludes halogenated alkanes) is 2. The third-order valence-electron chi connectivity index (χ3n) is 6.77. The molecule has 2 heteroatoms. The first-order valence-corrected chi connectivity index (χ1v) is 11.9. The molecule has 2 aromatic rings. The van der Waals surface area contributed by atoms with Crippen molar-refractivity contribution in [2.75, 3.05) is 0 Å². The molecule has 0 N–H and O–H groups in total. The summed E-state index contributed by atoms with van der Waals surface area (Å²) in [4.78, 5) is 0. The van der Waals surface area contributed by atoms with E-state index in [0.29, 0.717) is 5.57 Å². The molecule has 1 aliphatic carbocycles. The quantitative estimate of drug-likeness (QED) is 0.354. The molecule has 0 radical (unpaired) electrons. The molecule has 31 heavy (non-hydrogen) atoms. The number of rotatable bonds is 9. The van der Waals surface area contributed by atoms with Crippen molar-refractivity contribution in [3.05, 3.63) is 88.8 Å². The summed E-state index contributed by atoms with van der Waals surface area (Å²) in [5.74, 6) is -1.76. The van der Waals surface area contributed by atoms with Crippen molar-refractivity contribution in [2.45, 2.75) is 77.8 Å². The summed E-state index contributed by atoms with van der Waals surface area (Å²) in [5.41, 5.74) is 2.38. The Hall–Kier alpha value is -2.22. The number of alkyl halides is 1. The summed E-state index contributed by atoms with van der Waals surface area (Å²) < 4.78 is 32.2. The Morgan fingerprint density at radius 2 is 1.48 bits per heavy atom. The van der Waals surface area contributed by atoms with E-state index in [4.69, 9.17) is 0 Å². The molecule has 3 atom stereocenters. The number of aryl methyl sites for hydroxylation is 2. The molecular formula is C29H36F2. The van der Waals surface area contributed by atoms with Gasteiger partial charge in [-0.15, -0.1) is 0 Å². The van der Waals surface area contributed by atoms with Crippen LogP contribution in [0.25, 0.3) is 5.57 Å². The van der Waals surface area contributed by atoms with Crippen LogP contribution in [-0.4, -0.2) is 5.67 Å². The van der Waals surface area contributed by atoms with Gasteiger partial charge in [0.2, 0.25) is 0 Å². The lowest BCUT2D eigenvalue weighted by atomic mass is 9.71. The molecule has 0 amide bonds. The molecule has 2 aromatic carbocycles. The first-order valence-electron chi connectivity index (χ1n) is 11.9. The molecule has 0 nitrogen and oxygen atoms in total. The summed E-state index contributed by atoms with van der Waals surface area (Å²) >= 11 is 0. The van der Waals surface area contributed by atoms with Crippen LogP contribution in [0.2, 0.25) is 0 Å². The molecule has 0 aliphatic heterocycles. The van der Waals surface area contributed by atoms with Crippen LogP contribution in [0.5, 0.6) is 0 Å². The molecular weight excluding hydrogens is 386 g/mol. The van der Waals surface area contributed by atoms with Crippen LogP contribution in [0.4, 0.5) is 8.78 Å². The number of halogens is 2. The fraction of sp³-hybridized carbons (Fsp3) is 0.448. The van der Waals surface area contributed by atoms with Crippen LogP contribution in [0.3, 0.4) is 0 Å². The normalized spacial score (nSPS) is 22.1. The maximum atomic E-state index is 16.4. The van der Waals surface area contributed by atoms with E-state index >= 15 is 8.78 Å². The summed E-state index contributed by atoms with van der Waals surface area (Å²) in [6, 6.07) is 16.0. The van der Waals surface area contributed by atoms with Crippen molar-refractivity contribution in [2.24, 2.45) is 5.92 Å². The van der Waals surface area contributed by atoms with Crippen LogP contribution >= 0.6 is 0 Å². The van der Waals surface area contributed by atoms with E-state index in [1.165, 1.54) is 24.0 Å². The largest absolute Gasteiger partial charge is 0.235 e. The second-order valence-electron chi connectivity index (χ2n) is 9.01. The van der Waals surface area contributed by atoms with Gasteiger partial charge in [0.15, 0.2) is 5.67 Å². The molecule has 0 saturated carbocycles. The number of hydrogen-bond acceptors (Lipinski definition) is 0. The van der Waals surface area contributed by atoms with Gasteiger partial charge in [-0.1, -0.05) is 108 Å². The molecule has 0 fully saturated rings. The minimum absolute atomic E-state index is 0.371. The lowest BCUT2D eigenvalue weighted by Gasteiger charge is -2.37. The molecule has 3 unspecified atom stereocenters. The molecule has 1 aliphatic rings. The predicted octanol–water partition coefficient (Wildman–Crippen LogP) is 8.77. The number of hydrogen-bond donors (Lipinski definition) is 0. The molecule has 166 valence electrons. The van der Waals surface area contributed by atoms with Crippen LogP contribution in [0.15, 0.2) is 66.5 Å². The van der Waals surface area contributed by atoms with Crippen molar-refractivity contribution in [3.8, 4) is 0 Å². The molecule has 0 aromatic heterocycles. The van der Waals surface area contributed by atoms with E-state index in [2.05, 4.69) is 13.8 Å². The highest BCUT2D eigenvalue weighted by molar-refractivity contribution is 5.78. The second-order valence-corrected chi connectivity index (χ2v) is 9.01. The maximum absolute atomic E-state index is 16.4. The Morgan fingerprint density at radius 3 is 2.10 bits per heavy atom. The van der Waals surface area contributed by atoms with Gasteiger partial charge in [-0.25, -0.2) is 8.78 Å². The third kappa shape index (κ3) is 5.00. The van der Waals surface area contributed by atoms with Crippen LogP contribution in [0, 0.1) is 5.92 Å². The Balaban J connectivity index is 1.88. The molecule has 0 spiro atoms. The Labute approximate surface area is 187 Å². The van der Waals surface area contributed by atoms with Crippen molar-refractivity contribution in [3.63, 3.8) is 0 Å². The standard InChI is InChI=1S/C29H36F2/c1-5-7-8-10-24-14-18-26(19-15-24)27-20-11-21(3)29(31,28(27)30)22(4)25-16-12-23(9-6-2)13-17-25/h11-22H,5-10H2,1-4H3. The summed E-state index contributed by atoms with van der Waals surface area (Å²) in [6.07, 6.45) is 10.2. The first kappa shape index (κ1) is 23.4. The number of benzene rings is 2. The highest BCUT2D eigenvalue weighted by Crippen LogP contribution is 2.49. The molecule has 3 rings (SSSR count). The van der Waals surface area contributed by atoms with E-state index in [1.54, 1.807) is 19.9 Å². The van der Waals surface area contributed by atoms with Crippen molar-refractivity contribution in [1.29, 1.82) is 0 Å². The van der Waals surface area contributed by atoms with Gasteiger partial charge in [-0.05, 0) is 41.5 Å². The zero-order valence-electron chi connectivity index (χ0n) is 19.4. The fourth-order valence-corrected chi connectivity index (χ4v) is 4.60. The Bertz CT molecular complexity index is 905. The zero-order chi connectivity index (χ0) is 22.4. The molecule has 0 heterocycles. The Kier molecular flexibility index (Phi) is 7.86. The highest BCUT2D eigenvalue weighted by Gasteiger charge is 2.48. The monoisotopic (exact) mass is 422 g/mol. The van der Waals surface area contributed by atoms with Crippen molar-refractivity contribution in [1.82, 2.24) is 0 Å². The van der Waals surface area contributed by atoms with Gasteiger partial charge in [-0.3, -0.25) is 0 Å². The predicted molar refractivity (Wildman–Crippen MR) is 129 cm³/mol. The van der Waals surface area contributed by atoms with Gasteiger partial charge < -0.3 is 0 Å². The maximum Gasteiger partial charge on any atom is 0.175 e. The van der Waals surface area contributed by atoms with Crippen LogP contribution in [-0.2, 0) is 12.8 Å². The Morgan fingerprint density at radius 1 is 0.871 bits per heavy atom. The SMILES string of the molecule is CCCCCc1ccc(C2=C(F)C(F)(C(C)c3ccc(CCC)cc3)C(C)C=C2)cc1. The number of allylic oxidation sites excluding steroid dienone is 4. The van der Waals surface area contributed by atoms with Gasteiger partial charge in [0.25, 0.3) is 0 Å². The fourth-order valence-electron chi connectivity index (χ4n) is 4.60. The van der Waals surface area contributed by atoms with Crippen LogP contribution < -0.4 is 0 Å². The average Bonchev–Trinajstić information content (AvgIpc) is 2.79. The van der Waals surface area contributed by atoms with Gasteiger partial charge >= 0.3 is 0 Å². The summed E-state index contributed by atoms with van der Waals surface area (Å²) in [7, 11) is 0. The second kappa shape index (κ2) is 10.4.